The van der Waals surface area contributed by atoms with Gasteiger partial charge < -0.3 is 4.90 Å². The van der Waals surface area contributed by atoms with Crippen LogP contribution in [0.2, 0.25) is 0 Å². The lowest BCUT2D eigenvalue weighted by molar-refractivity contribution is 0.0785. The van der Waals surface area contributed by atoms with Crippen LogP contribution in [0.5, 0.6) is 0 Å². The number of carbonyl (C=O) groups is 1. The second kappa shape index (κ2) is 9.03. The summed E-state index contributed by atoms with van der Waals surface area (Å²) in [6.45, 7) is 2.25. The first kappa shape index (κ1) is 22.9. The average Bonchev–Trinajstić information content (AvgIpc) is 3.47. The molecule has 1 aliphatic heterocycles. The van der Waals surface area contributed by atoms with Gasteiger partial charge in [-0.05, 0) is 55.3 Å². The van der Waals surface area contributed by atoms with Gasteiger partial charge in [-0.25, -0.2) is 13.1 Å². The van der Waals surface area contributed by atoms with E-state index in [1.54, 1.807) is 41.0 Å². The van der Waals surface area contributed by atoms with Crippen molar-refractivity contribution in [1.82, 2.24) is 14.7 Å². The van der Waals surface area contributed by atoms with Gasteiger partial charge in [-0.1, -0.05) is 42.5 Å². The molecule has 35 heavy (non-hydrogen) atoms. The molecule has 7 nitrogen and oxygen atoms in total. The number of nitrogens with zero attached hydrogens (tertiary/aromatic N) is 4. The minimum atomic E-state index is -3.82. The van der Waals surface area contributed by atoms with Crippen molar-refractivity contribution in [3.05, 3.63) is 108 Å². The van der Waals surface area contributed by atoms with Crippen LogP contribution in [-0.4, -0.2) is 42.1 Å². The molecule has 0 radical (unpaired) electrons. The molecule has 3 aromatic carbocycles. The van der Waals surface area contributed by atoms with Crippen molar-refractivity contribution in [2.45, 2.75) is 30.8 Å². The fourth-order valence-corrected chi connectivity index (χ4v) is 6.28. The van der Waals surface area contributed by atoms with E-state index in [1.165, 1.54) is 10.4 Å². The van der Waals surface area contributed by atoms with Crippen LogP contribution in [-0.2, 0) is 23.0 Å². The number of aromatic nitrogens is 2. The van der Waals surface area contributed by atoms with Gasteiger partial charge in [0.25, 0.3) is 15.9 Å². The zero-order valence-corrected chi connectivity index (χ0v) is 20.4. The zero-order valence-electron chi connectivity index (χ0n) is 19.6. The number of fused-ring (bicyclic) bond motifs is 1. The Kier molecular flexibility index (Phi) is 5.90. The van der Waals surface area contributed by atoms with Gasteiger partial charge >= 0.3 is 0 Å². The molecule has 0 aliphatic carbocycles. The lowest BCUT2D eigenvalue weighted by atomic mass is 10.1. The molecule has 1 unspecified atom stereocenters. The van der Waals surface area contributed by atoms with Crippen molar-refractivity contribution in [3.8, 4) is 5.69 Å². The maximum absolute atomic E-state index is 13.6. The maximum Gasteiger partial charge on any atom is 0.264 e. The summed E-state index contributed by atoms with van der Waals surface area (Å²) in [5.41, 5.74) is 3.83. The highest BCUT2D eigenvalue weighted by atomic mass is 32.2. The highest BCUT2D eigenvalue weighted by molar-refractivity contribution is 7.92. The molecule has 1 aliphatic rings. The van der Waals surface area contributed by atoms with Crippen molar-refractivity contribution >= 4 is 21.6 Å². The summed E-state index contributed by atoms with van der Waals surface area (Å²) >= 11 is 0. The van der Waals surface area contributed by atoms with Crippen LogP contribution < -0.4 is 4.31 Å². The Bertz CT molecular complexity index is 1480. The van der Waals surface area contributed by atoms with E-state index < -0.39 is 10.0 Å². The normalized spacial score (nSPS) is 15.1. The first-order chi connectivity index (χ1) is 16.8. The maximum atomic E-state index is 13.6. The van der Waals surface area contributed by atoms with E-state index in [1.807, 2.05) is 67.7 Å². The number of para-hydroxylation sites is 2. The fourth-order valence-electron chi connectivity index (χ4n) is 4.54. The number of hydrogen-bond donors (Lipinski definition) is 0. The second-order valence-electron chi connectivity index (χ2n) is 8.80. The third kappa shape index (κ3) is 4.33. The van der Waals surface area contributed by atoms with E-state index in [9.17, 15) is 13.2 Å². The minimum Gasteiger partial charge on any atom is -0.337 e. The molecule has 8 heteroatoms. The van der Waals surface area contributed by atoms with Crippen molar-refractivity contribution in [3.63, 3.8) is 0 Å². The van der Waals surface area contributed by atoms with Gasteiger partial charge in [-0.15, -0.1) is 0 Å². The molecule has 1 aromatic heterocycles. The van der Waals surface area contributed by atoms with E-state index in [-0.39, 0.29) is 16.8 Å². The summed E-state index contributed by atoms with van der Waals surface area (Å²) in [6, 6.07) is 23.4. The molecule has 0 bridgehead atoms. The molecule has 0 saturated heterocycles. The molecule has 2 heterocycles. The van der Waals surface area contributed by atoms with Gasteiger partial charge in [0.15, 0.2) is 0 Å². The van der Waals surface area contributed by atoms with Crippen LogP contribution in [0, 0.1) is 0 Å². The van der Waals surface area contributed by atoms with Crippen LogP contribution in [0.4, 0.5) is 5.69 Å². The highest BCUT2D eigenvalue weighted by Gasteiger charge is 2.36. The number of rotatable bonds is 6. The number of hydrogen-bond acceptors (Lipinski definition) is 4. The molecule has 0 saturated carbocycles. The molecule has 4 aromatic rings. The molecule has 0 spiro atoms. The largest absolute Gasteiger partial charge is 0.337 e. The molecule has 178 valence electrons. The molecular formula is C27H26N4O3S. The minimum absolute atomic E-state index is 0.109. The Hall–Kier alpha value is -3.91. The molecular weight excluding hydrogens is 460 g/mol. The standard InChI is InChI=1S/C27H26N4O3S/c1-20-15-22-9-6-7-14-26(22)31(20)35(33,34)25-13-8-10-23(16-25)27(32)29(2)18-21-17-28-30(19-21)24-11-4-3-5-12-24/h3-14,16-17,19-20H,15,18H2,1-2H3. The van der Waals surface area contributed by atoms with E-state index in [4.69, 9.17) is 0 Å². The van der Waals surface area contributed by atoms with Crippen molar-refractivity contribution < 1.29 is 13.2 Å². The van der Waals surface area contributed by atoms with E-state index in [0.717, 1.165) is 16.8 Å². The molecule has 1 atom stereocenters. The van der Waals surface area contributed by atoms with Crippen LogP contribution in [0.1, 0.15) is 28.4 Å². The first-order valence-electron chi connectivity index (χ1n) is 11.4. The molecule has 1 amide bonds. The Morgan fingerprint density at radius 1 is 1.03 bits per heavy atom. The Balaban J connectivity index is 1.36. The van der Waals surface area contributed by atoms with Crippen molar-refractivity contribution in [2.24, 2.45) is 0 Å². The van der Waals surface area contributed by atoms with Gasteiger partial charge in [0.1, 0.15) is 0 Å². The average molecular weight is 487 g/mol. The first-order valence-corrected chi connectivity index (χ1v) is 12.9. The van der Waals surface area contributed by atoms with Gasteiger partial charge in [0, 0.05) is 37.0 Å². The van der Waals surface area contributed by atoms with Crippen LogP contribution >= 0.6 is 0 Å². The SMILES string of the molecule is CC1Cc2ccccc2N1S(=O)(=O)c1cccc(C(=O)N(C)Cc2cnn(-c3ccccc3)c2)c1. The van der Waals surface area contributed by atoms with Gasteiger partial charge in [0.05, 0.1) is 22.5 Å². The summed E-state index contributed by atoms with van der Waals surface area (Å²) < 4.78 is 30.4. The van der Waals surface area contributed by atoms with Crippen molar-refractivity contribution in [1.29, 1.82) is 0 Å². The molecule has 5 rings (SSSR count). The van der Waals surface area contributed by atoms with Crippen LogP contribution in [0.25, 0.3) is 5.69 Å². The predicted octanol–water partition coefficient (Wildman–Crippen LogP) is 4.28. The summed E-state index contributed by atoms with van der Waals surface area (Å²) in [7, 11) is -2.12. The van der Waals surface area contributed by atoms with E-state index in [0.29, 0.717) is 24.2 Å². The Morgan fingerprint density at radius 3 is 2.57 bits per heavy atom. The monoisotopic (exact) mass is 486 g/mol. The zero-order chi connectivity index (χ0) is 24.6. The van der Waals surface area contributed by atoms with Gasteiger partial charge in [-0.3, -0.25) is 9.10 Å². The van der Waals surface area contributed by atoms with Crippen molar-refractivity contribution in [2.75, 3.05) is 11.4 Å². The van der Waals surface area contributed by atoms with Gasteiger partial charge in [-0.2, -0.15) is 5.10 Å². The lowest BCUT2D eigenvalue weighted by Crippen LogP contribution is -2.36. The number of sulfonamides is 1. The van der Waals surface area contributed by atoms with Crippen LogP contribution in [0.3, 0.4) is 0 Å². The van der Waals surface area contributed by atoms with Gasteiger partial charge in [0.2, 0.25) is 0 Å². The summed E-state index contributed by atoms with van der Waals surface area (Å²) in [5.74, 6) is -0.260. The number of anilines is 1. The smallest absolute Gasteiger partial charge is 0.264 e. The number of carbonyl (C=O) groups excluding carboxylic acids is 1. The third-order valence-electron chi connectivity index (χ3n) is 6.21. The third-order valence-corrected chi connectivity index (χ3v) is 8.13. The quantitative estimate of drug-likeness (QED) is 0.408. The second-order valence-corrected chi connectivity index (χ2v) is 10.6. The number of amides is 1. The molecule has 0 fully saturated rings. The topological polar surface area (TPSA) is 75.5 Å². The predicted molar refractivity (Wildman–Crippen MR) is 135 cm³/mol. The summed E-state index contributed by atoms with van der Waals surface area (Å²) in [4.78, 5) is 14.8. The Labute approximate surface area is 205 Å². The lowest BCUT2D eigenvalue weighted by Gasteiger charge is -2.25. The number of benzene rings is 3. The van der Waals surface area contributed by atoms with E-state index >= 15 is 0 Å². The summed E-state index contributed by atoms with van der Waals surface area (Å²) in [6.07, 6.45) is 4.27. The molecule has 0 N–H and O–H groups in total. The fraction of sp³-hybridized carbons (Fsp3) is 0.185. The van der Waals surface area contributed by atoms with Crippen LogP contribution in [0.15, 0.2) is 96.2 Å². The Morgan fingerprint density at radius 2 is 1.77 bits per heavy atom. The summed E-state index contributed by atoms with van der Waals surface area (Å²) in [5, 5.41) is 4.38. The highest BCUT2D eigenvalue weighted by Crippen LogP contribution is 2.36. The van der Waals surface area contributed by atoms with E-state index in [2.05, 4.69) is 5.10 Å².